The van der Waals surface area contributed by atoms with E-state index in [-0.39, 0.29) is 11.7 Å². The van der Waals surface area contributed by atoms with Gasteiger partial charge in [0, 0.05) is 11.3 Å². The van der Waals surface area contributed by atoms with Gasteiger partial charge < -0.3 is 5.11 Å². The Hall–Kier alpha value is -2.80. The molecule has 2 unspecified atom stereocenters. The fourth-order valence-corrected chi connectivity index (χ4v) is 3.74. The van der Waals surface area contributed by atoms with Crippen LogP contribution in [0.15, 0.2) is 78.9 Å². The number of hydrogen-bond donors (Lipinski definition) is 3. The average molecular weight is 410 g/mol. The molecule has 0 radical (unpaired) electrons. The zero-order valence-corrected chi connectivity index (χ0v) is 16.6. The largest absolute Gasteiger partial charge is 0.388 e. The van der Waals surface area contributed by atoms with E-state index in [2.05, 4.69) is 16.9 Å². The molecule has 0 bridgehead atoms. The molecule has 0 aliphatic rings. The smallest absolute Gasteiger partial charge is 0.259 e. The summed E-state index contributed by atoms with van der Waals surface area (Å²) in [5.41, 5.74) is 4.28. The van der Waals surface area contributed by atoms with Crippen LogP contribution in [0.4, 0.5) is 5.69 Å². The van der Waals surface area contributed by atoms with Crippen LogP contribution in [0.2, 0.25) is 0 Å². The fourth-order valence-electron chi connectivity index (χ4n) is 3.41. The Bertz CT molecular complexity index is 991. The molecule has 0 spiro atoms. The Balaban J connectivity index is 1.91. The van der Waals surface area contributed by atoms with E-state index in [9.17, 15) is 14.1 Å². The van der Waals surface area contributed by atoms with Crippen molar-refractivity contribution in [3.05, 3.63) is 101 Å². The van der Waals surface area contributed by atoms with Gasteiger partial charge >= 0.3 is 0 Å². The number of rotatable bonds is 9. The first-order valence-corrected chi connectivity index (χ1v) is 10.4. The van der Waals surface area contributed by atoms with E-state index in [0.717, 1.165) is 17.5 Å². The monoisotopic (exact) mass is 409 g/mol. The molecule has 5 nitrogen and oxygen atoms in total. The van der Waals surface area contributed by atoms with Crippen LogP contribution >= 0.6 is 0 Å². The van der Waals surface area contributed by atoms with E-state index in [4.69, 9.17) is 4.55 Å². The summed E-state index contributed by atoms with van der Waals surface area (Å²) < 4.78 is 22.6. The predicted octanol–water partition coefficient (Wildman–Crippen LogP) is 3.98. The summed E-state index contributed by atoms with van der Waals surface area (Å²) in [4.78, 5) is 11.9. The number of hydrogen-bond acceptors (Lipinski definition) is 3. The summed E-state index contributed by atoms with van der Waals surface area (Å²) in [6.45, 7) is -0.515. The third kappa shape index (κ3) is 6.09. The van der Waals surface area contributed by atoms with Crippen LogP contribution in [-0.4, -0.2) is 26.3 Å². The first kappa shape index (κ1) is 20.9. The third-order valence-electron chi connectivity index (χ3n) is 4.76. The van der Waals surface area contributed by atoms with Gasteiger partial charge in [0.15, 0.2) is 5.78 Å². The summed E-state index contributed by atoms with van der Waals surface area (Å²) in [5.74, 6) is -0.208. The number of benzene rings is 3. The van der Waals surface area contributed by atoms with E-state index in [1.54, 1.807) is 12.1 Å². The van der Waals surface area contributed by atoms with Crippen molar-refractivity contribution >= 4 is 22.7 Å². The van der Waals surface area contributed by atoms with Gasteiger partial charge in [0.05, 0.1) is 0 Å². The second-order valence-electron chi connectivity index (χ2n) is 6.85. The van der Waals surface area contributed by atoms with E-state index < -0.39 is 17.9 Å². The van der Waals surface area contributed by atoms with Crippen LogP contribution in [0.5, 0.6) is 0 Å². The van der Waals surface area contributed by atoms with Crippen LogP contribution in [0, 0.1) is 0 Å². The highest BCUT2D eigenvalue weighted by atomic mass is 32.2. The normalized spacial score (nSPS) is 12.9. The number of ketones is 1. The lowest BCUT2D eigenvalue weighted by Gasteiger charge is -2.19. The molecular weight excluding hydrogens is 386 g/mol. The second kappa shape index (κ2) is 10.1. The van der Waals surface area contributed by atoms with Crippen molar-refractivity contribution < 1.29 is 18.7 Å². The van der Waals surface area contributed by atoms with Gasteiger partial charge in [-0.15, -0.1) is 0 Å². The van der Waals surface area contributed by atoms with Crippen LogP contribution in [0.25, 0.3) is 0 Å². The van der Waals surface area contributed by atoms with Crippen molar-refractivity contribution in [3.63, 3.8) is 0 Å². The van der Waals surface area contributed by atoms with Gasteiger partial charge in [-0.25, -0.2) is 4.21 Å². The van der Waals surface area contributed by atoms with Crippen LogP contribution < -0.4 is 4.72 Å². The Morgan fingerprint density at radius 3 is 2.31 bits per heavy atom. The molecule has 29 heavy (non-hydrogen) atoms. The standard InChI is InChI=1S/C23H23NO4S/c25-16-23(26)20-10-5-9-19(15-20)21(12-17-6-2-1-3-7-17)13-18-8-4-11-22(14-18)24-29(27)28/h1-11,14-15,21,24-25H,12-13,16H2,(H,27,28). The second-order valence-corrected chi connectivity index (χ2v) is 7.55. The highest BCUT2D eigenvalue weighted by molar-refractivity contribution is 7.80. The zero-order chi connectivity index (χ0) is 20.6. The number of carbonyl (C=O) groups excluding carboxylic acids is 1. The number of nitrogens with one attached hydrogen (secondary N) is 1. The van der Waals surface area contributed by atoms with Crippen LogP contribution in [0.3, 0.4) is 0 Å². The first-order chi connectivity index (χ1) is 14.0. The quantitative estimate of drug-likeness (QED) is 0.369. The third-order valence-corrected chi connectivity index (χ3v) is 5.17. The van der Waals surface area contributed by atoms with Gasteiger partial charge in [0.1, 0.15) is 6.61 Å². The van der Waals surface area contributed by atoms with E-state index in [0.29, 0.717) is 17.7 Å². The Morgan fingerprint density at radius 1 is 0.897 bits per heavy atom. The van der Waals surface area contributed by atoms with Crippen molar-refractivity contribution in [2.24, 2.45) is 0 Å². The van der Waals surface area contributed by atoms with Gasteiger partial charge in [0.2, 0.25) is 0 Å². The summed E-state index contributed by atoms with van der Waals surface area (Å²) in [5, 5.41) is 9.19. The van der Waals surface area contributed by atoms with Crippen molar-refractivity contribution in [1.29, 1.82) is 0 Å². The van der Waals surface area contributed by atoms with Gasteiger partial charge in [0.25, 0.3) is 11.3 Å². The molecule has 0 aliphatic heterocycles. The zero-order valence-electron chi connectivity index (χ0n) is 15.8. The summed E-state index contributed by atoms with van der Waals surface area (Å²) in [6.07, 6.45) is 1.47. The maximum absolute atomic E-state index is 11.9. The first-order valence-electron chi connectivity index (χ1n) is 9.29. The lowest BCUT2D eigenvalue weighted by atomic mass is 9.85. The highest BCUT2D eigenvalue weighted by Gasteiger charge is 2.16. The van der Waals surface area contributed by atoms with Gasteiger partial charge in [-0.05, 0) is 53.6 Å². The summed E-state index contributed by atoms with van der Waals surface area (Å²) >= 11 is -2.13. The molecule has 0 saturated heterocycles. The molecule has 0 heterocycles. The predicted molar refractivity (Wildman–Crippen MR) is 115 cm³/mol. The number of Topliss-reactive ketones (excluding diaryl/α,β-unsaturated/α-hetero) is 1. The molecule has 0 aromatic heterocycles. The molecule has 150 valence electrons. The topological polar surface area (TPSA) is 86.6 Å². The van der Waals surface area contributed by atoms with E-state index >= 15 is 0 Å². The molecular formula is C23H23NO4S. The van der Waals surface area contributed by atoms with Crippen LogP contribution in [0.1, 0.15) is 33.0 Å². The maximum atomic E-state index is 11.9. The molecule has 3 aromatic carbocycles. The lowest BCUT2D eigenvalue weighted by molar-refractivity contribution is 0.0903. The summed E-state index contributed by atoms with van der Waals surface area (Å²) in [7, 11) is 0. The minimum absolute atomic E-state index is 0.0960. The molecule has 0 fully saturated rings. The molecule has 0 aliphatic carbocycles. The molecule has 3 N–H and O–H groups in total. The molecule has 0 saturated carbocycles. The summed E-state index contributed by atoms with van der Waals surface area (Å²) in [6, 6.07) is 24.9. The van der Waals surface area contributed by atoms with Crippen molar-refractivity contribution in [2.75, 3.05) is 11.3 Å². The van der Waals surface area contributed by atoms with Gasteiger partial charge in [-0.2, -0.15) is 0 Å². The number of aliphatic hydroxyl groups is 1. The molecule has 6 heteroatoms. The van der Waals surface area contributed by atoms with Gasteiger partial charge in [-0.3, -0.25) is 14.1 Å². The van der Waals surface area contributed by atoms with E-state index in [1.165, 1.54) is 5.56 Å². The minimum Gasteiger partial charge on any atom is -0.388 e. The number of aliphatic hydroxyl groups excluding tert-OH is 1. The molecule has 3 rings (SSSR count). The molecule has 0 amide bonds. The maximum Gasteiger partial charge on any atom is 0.259 e. The fraction of sp³-hybridized carbons (Fsp3) is 0.174. The molecule has 2 atom stereocenters. The lowest BCUT2D eigenvalue weighted by Crippen LogP contribution is -2.10. The Labute approximate surface area is 172 Å². The van der Waals surface area contributed by atoms with Gasteiger partial charge in [-0.1, -0.05) is 60.7 Å². The van der Waals surface area contributed by atoms with Crippen molar-refractivity contribution in [2.45, 2.75) is 18.8 Å². The molecule has 3 aromatic rings. The van der Waals surface area contributed by atoms with Crippen LogP contribution in [-0.2, 0) is 24.1 Å². The number of anilines is 1. The minimum atomic E-state index is -2.13. The number of carbonyl (C=O) groups is 1. The van der Waals surface area contributed by atoms with Crippen molar-refractivity contribution in [3.8, 4) is 0 Å². The Morgan fingerprint density at radius 2 is 1.59 bits per heavy atom. The average Bonchev–Trinajstić information content (AvgIpc) is 2.73. The highest BCUT2D eigenvalue weighted by Crippen LogP contribution is 2.27. The van der Waals surface area contributed by atoms with Crippen molar-refractivity contribution in [1.82, 2.24) is 0 Å². The van der Waals surface area contributed by atoms with E-state index in [1.807, 2.05) is 54.6 Å². The SMILES string of the molecule is O=C(CO)c1cccc(C(Cc2ccccc2)Cc2cccc(NS(=O)O)c2)c1. The Kier molecular flexibility index (Phi) is 7.30.